The van der Waals surface area contributed by atoms with Gasteiger partial charge in [0.15, 0.2) is 0 Å². The third-order valence-corrected chi connectivity index (χ3v) is 4.32. The molecule has 1 aromatic carbocycles. The summed E-state index contributed by atoms with van der Waals surface area (Å²) < 4.78 is 10.7. The number of nitrogens with zero attached hydrogens (tertiary/aromatic N) is 1. The summed E-state index contributed by atoms with van der Waals surface area (Å²) >= 11 is 0. The number of amides is 2. The van der Waals surface area contributed by atoms with Crippen LogP contribution in [0.5, 0.6) is 0 Å². The zero-order chi connectivity index (χ0) is 21.8. The van der Waals surface area contributed by atoms with E-state index in [4.69, 9.17) is 9.47 Å². The van der Waals surface area contributed by atoms with E-state index in [9.17, 15) is 14.4 Å². The van der Waals surface area contributed by atoms with Crippen molar-refractivity contribution in [2.24, 2.45) is 0 Å². The van der Waals surface area contributed by atoms with Gasteiger partial charge in [-0.2, -0.15) is 0 Å². The van der Waals surface area contributed by atoms with E-state index in [0.717, 1.165) is 5.56 Å². The van der Waals surface area contributed by atoms with E-state index in [0.29, 0.717) is 12.8 Å². The summed E-state index contributed by atoms with van der Waals surface area (Å²) in [5, 5.41) is 2.49. The van der Waals surface area contributed by atoms with Gasteiger partial charge in [-0.25, -0.2) is 9.59 Å². The molecule has 0 spiro atoms. The molecule has 1 aliphatic rings. The lowest BCUT2D eigenvalue weighted by Gasteiger charge is -2.31. The first-order chi connectivity index (χ1) is 13.4. The smallest absolute Gasteiger partial charge is 0.408 e. The van der Waals surface area contributed by atoms with Crippen LogP contribution < -0.4 is 5.32 Å². The summed E-state index contributed by atoms with van der Waals surface area (Å²) in [6.07, 6.45) is 0.480. The van der Waals surface area contributed by atoms with E-state index < -0.39 is 29.3 Å². The van der Waals surface area contributed by atoms with Crippen molar-refractivity contribution in [2.75, 3.05) is 6.54 Å². The second-order valence-corrected chi connectivity index (χ2v) is 9.21. The quantitative estimate of drug-likeness (QED) is 0.775. The second-order valence-electron chi connectivity index (χ2n) is 9.21. The molecule has 160 valence electrons. The number of rotatable bonds is 4. The van der Waals surface area contributed by atoms with E-state index in [1.165, 1.54) is 0 Å². The molecule has 7 heteroatoms. The highest BCUT2D eigenvalue weighted by Gasteiger charge is 2.43. The molecule has 0 unspecified atom stereocenters. The Labute approximate surface area is 172 Å². The van der Waals surface area contributed by atoms with Crippen LogP contribution in [0.3, 0.4) is 0 Å². The van der Waals surface area contributed by atoms with Gasteiger partial charge in [-0.05, 0) is 59.9 Å². The zero-order valence-electron chi connectivity index (χ0n) is 18.2. The maximum atomic E-state index is 13.0. The predicted octanol–water partition coefficient (Wildman–Crippen LogP) is 3.59. The first-order valence-corrected chi connectivity index (χ1v) is 9.93. The first kappa shape index (κ1) is 22.7. The largest absolute Gasteiger partial charge is 0.458 e. The molecule has 1 aliphatic heterocycles. The van der Waals surface area contributed by atoms with Gasteiger partial charge < -0.3 is 19.7 Å². The molecule has 0 aromatic heterocycles. The molecule has 1 heterocycles. The van der Waals surface area contributed by atoms with E-state index >= 15 is 0 Å². The van der Waals surface area contributed by atoms with Gasteiger partial charge in [0.05, 0.1) is 6.04 Å². The number of likely N-dealkylation sites (tertiary alicyclic amines) is 1. The Bertz CT molecular complexity index is 734. The van der Waals surface area contributed by atoms with Gasteiger partial charge in [-0.15, -0.1) is 0 Å². The number of benzene rings is 1. The lowest BCUT2D eigenvalue weighted by Crippen LogP contribution is -2.48. The maximum absolute atomic E-state index is 13.0. The first-order valence-electron chi connectivity index (χ1n) is 9.93. The van der Waals surface area contributed by atoms with E-state index in [1.807, 2.05) is 30.3 Å². The molecule has 1 fully saturated rings. The van der Waals surface area contributed by atoms with Crippen molar-refractivity contribution < 1.29 is 23.9 Å². The Balaban J connectivity index is 2.17. The summed E-state index contributed by atoms with van der Waals surface area (Å²) in [4.78, 5) is 39.3. The monoisotopic (exact) mass is 404 g/mol. The predicted molar refractivity (Wildman–Crippen MR) is 109 cm³/mol. The molecule has 29 heavy (non-hydrogen) atoms. The van der Waals surface area contributed by atoms with Crippen LogP contribution in [0.2, 0.25) is 0 Å². The van der Waals surface area contributed by atoms with Crippen molar-refractivity contribution in [2.45, 2.75) is 77.7 Å². The normalized spacial score (nSPS) is 19.6. The van der Waals surface area contributed by atoms with Gasteiger partial charge in [-0.3, -0.25) is 4.79 Å². The van der Waals surface area contributed by atoms with Gasteiger partial charge >= 0.3 is 12.1 Å². The van der Waals surface area contributed by atoms with E-state index in [-0.39, 0.29) is 18.5 Å². The number of hydrogen-bond acceptors (Lipinski definition) is 5. The minimum atomic E-state index is -0.688. The Kier molecular flexibility index (Phi) is 6.93. The van der Waals surface area contributed by atoms with Gasteiger partial charge in [0, 0.05) is 0 Å². The molecule has 0 aliphatic carbocycles. The van der Waals surface area contributed by atoms with Crippen LogP contribution in [-0.4, -0.2) is 46.7 Å². The van der Waals surface area contributed by atoms with Crippen LogP contribution >= 0.6 is 0 Å². The minimum absolute atomic E-state index is 0.248. The SMILES string of the molecule is CC(C)(C)OC(=O)NCC(=O)N1[C@@H](c2ccccc2)CC[C@H]1C(=O)OC(C)(C)C. The Morgan fingerprint density at radius 2 is 1.55 bits per heavy atom. The molecule has 2 amide bonds. The van der Waals surface area contributed by atoms with Crippen molar-refractivity contribution in [1.29, 1.82) is 0 Å². The summed E-state index contributed by atoms with van der Waals surface area (Å²) in [5.41, 5.74) is -0.359. The Morgan fingerprint density at radius 1 is 0.966 bits per heavy atom. The molecule has 1 aromatic rings. The van der Waals surface area contributed by atoms with Crippen LogP contribution in [0.15, 0.2) is 30.3 Å². The fourth-order valence-electron chi connectivity index (χ4n) is 3.32. The third kappa shape index (κ3) is 6.76. The molecule has 2 atom stereocenters. The van der Waals surface area contributed by atoms with Crippen molar-refractivity contribution in [3.8, 4) is 0 Å². The molecular weight excluding hydrogens is 372 g/mol. The van der Waals surface area contributed by atoms with Crippen LogP contribution in [0.4, 0.5) is 4.79 Å². The fraction of sp³-hybridized carbons (Fsp3) is 0.591. The van der Waals surface area contributed by atoms with Gasteiger partial charge in [0.25, 0.3) is 0 Å². The number of alkyl carbamates (subject to hydrolysis) is 1. The van der Waals surface area contributed by atoms with Crippen molar-refractivity contribution >= 4 is 18.0 Å². The lowest BCUT2D eigenvalue weighted by atomic mass is 10.0. The zero-order valence-corrected chi connectivity index (χ0v) is 18.2. The van der Waals surface area contributed by atoms with Crippen LogP contribution in [0.25, 0.3) is 0 Å². The molecule has 1 N–H and O–H groups in total. The maximum Gasteiger partial charge on any atom is 0.408 e. The Hall–Kier alpha value is -2.57. The molecule has 2 rings (SSSR count). The van der Waals surface area contributed by atoms with Crippen molar-refractivity contribution in [3.05, 3.63) is 35.9 Å². The number of ether oxygens (including phenoxy) is 2. The summed E-state index contributed by atoms with van der Waals surface area (Å²) in [6, 6.07) is 8.64. The second kappa shape index (κ2) is 8.84. The highest BCUT2D eigenvalue weighted by molar-refractivity contribution is 5.88. The topological polar surface area (TPSA) is 84.9 Å². The molecule has 0 bridgehead atoms. The fourth-order valence-corrected chi connectivity index (χ4v) is 3.32. The van der Waals surface area contributed by atoms with Gasteiger partial charge in [-0.1, -0.05) is 30.3 Å². The number of hydrogen-bond donors (Lipinski definition) is 1. The summed E-state index contributed by atoms with van der Waals surface area (Å²) in [7, 11) is 0. The molecule has 0 saturated carbocycles. The number of nitrogens with one attached hydrogen (secondary N) is 1. The summed E-state index contributed by atoms with van der Waals surface area (Å²) in [5.74, 6) is -0.778. The molecular formula is C22H32N2O5. The van der Waals surface area contributed by atoms with Crippen LogP contribution in [0, 0.1) is 0 Å². The number of carbonyl (C=O) groups excluding carboxylic acids is 3. The highest BCUT2D eigenvalue weighted by atomic mass is 16.6. The van der Waals surface area contributed by atoms with Crippen LogP contribution in [0.1, 0.15) is 66.0 Å². The van der Waals surface area contributed by atoms with E-state index in [2.05, 4.69) is 5.32 Å². The third-order valence-electron chi connectivity index (χ3n) is 4.32. The minimum Gasteiger partial charge on any atom is -0.458 e. The van der Waals surface area contributed by atoms with Crippen molar-refractivity contribution in [3.63, 3.8) is 0 Å². The van der Waals surface area contributed by atoms with E-state index in [1.54, 1.807) is 46.4 Å². The molecule has 7 nitrogen and oxygen atoms in total. The van der Waals surface area contributed by atoms with Gasteiger partial charge in [0.2, 0.25) is 5.91 Å². The van der Waals surface area contributed by atoms with Crippen LogP contribution in [-0.2, 0) is 19.1 Å². The summed E-state index contributed by atoms with van der Waals surface area (Å²) in [6.45, 7) is 10.4. The van der Waals surface area contributed by atoms with Crippen molar-refractivity contribution in [1.82, 2.24) is 10.2 Å². The molecule has 1 saturated heterocycles. The standard InChI is InChI=1S/C22H32N2O5/c1-21(2,3)28-19(26)17-13-12-16(15-10-8-7-9-11-15)24(17)18(25)14-23-20(27)29-22(4,5)6/h7-11,16-17H,12-14H2,1-6H3,(H,23,27)/t16-,17+/m1/s1. The van der Waals surface area contributed by atoms with Gasteiger partial charge in [0.1, 0.15) is 23.8 Å². The average molecular weight is 405 g/mol. The lowest BCUT2D eigenvalue weighted by molar-refractivity contribution is -0.164. The number of carbonyl (C=O) groups is 3. The highest BCUT2D eigenvalue weighted by Crippen LogP contribution is 2.37. The number of esters is 1. The molecule has 0 radical (unpaired) electrons. The Morgan fingerprint density at radius 3 is 2.10 bits per heavy atom. The average Bonchev–Trinajstić information content (AvgIpc) is 3.03.